The fourth-order valence-electron chi connectivity index (χ4n) is 3.61. The molecule has 2 saturated heterocycles. The molecule has 0 spiro atoms. The van der Waals surface area contributed by atoms with Crippen molar-refractivity contribution in [2.24, 2.45) is 0 Å². The van der Waals surface area contributed by atoms with Crippen molar-refractivity contribution in [1.29, 1.82) is 0 Å². The molecule has 0 aliphatic carbocycles. The molecule has 0 bridgehead atoms. The summed E-state index contributed by atoms with van der Waals surface area (Å²) in [6, 6.07) is 7.00. The summed E-state index contributed by atoms with van der Waals surface area (Å²) in [5, 5.41) is 0. The van der Waals surface area contributed by atoms with Gasteiger partial charge in [-0.2, -0.15) is 0 Å². The Labute approximate surface area is 155 Å². The summed E-state index contributed by atoms with van der Waals surface area (Å²) in [5.74, 6) is 0.562. The minimum atomic E-state index is -0.277. The van der Waals surface area contributed by atoms with E-state index in [1.165, 1.54) is 24.2 Å². The van der Waals surface area contributed by atoms with Crippen LogP contribution >= 0.6 is 0 Å². The Morgan fingerprint density at radius 3 is 2.54 bits per heavy atom. The lowest BCUT2D eigenvalue weighted by Crippen LogP contribution is -3.18. The monoisotopic (exact) mass is 361 g/mol. The third-order valence-electron chi connectivity index (χ3n) is 5.14. The Morgan fingerprint density at radius 2 is 1.85 bits per heavy atom. The second kappa shape index (κ2) is 9.14. The standard InChI is InChI=1S/C20H28N2O4/c1-2-3-4-5-12-26-17-8-6-16(7-9-17)22-19(23)15-18(20(22)24)21-10-13-25-14-11-21/h6-9,18H,2-5,10-15H2,1H3/p+1/t18-/m1/s1. The number of hydrogen-bond acceptors (Lipinski definition) is 4. The van der Waals surface area contributed by atoms with Crippen molar-refractivity contribution in [2.45, 2.75) is 45.1 Å². The van der Waals surface area contributed by atoms with Gasteiger partial charge in [-0.1, -0.05) is 26.2 Å². The predicted molar refractivity (Wildman–Crippen MR) is 98.5 cm³/mol. The molecule has 142 valence electrons. The number of rotatable bonds is 8. The van der Waals surface area contributed by atoms with Gasteiger partial charge in [-0.15, -0.1) is 0 Å². The SMILES string of the molecule is CCCCCCOc1ccc(N2C(=O)C[C@@H]([NH+]3CCOCC3)C2=O)cc1. The van der Waals surface area contributed by atoms with Crippen LogP contribution in [0.5, 0.6) is 5.75 Å². The van der Waals surface area contributed by atoms with Crippen LogP contribution in [0.2, 0.25) is 0 Å². The van der Waals surface area contributed by atoms with E-state index in [0.717, 1.165) is 30.2 Å². The molecule has 1 aromatic carbocycles. The number of ether oxygens (including phenoxy) is 2. The molecule has 1 N–H and O–H groups in total. The van der Waals surface area contributed by atoms with Crippen LogP contribution in [0.25, 0.3) is 0 Å². The van der Waals surface area contributed by atoms with Gasteiger partial charge < -0.3 is 14.4 Å². The van der Waals surface area contributed by atoms with Crippen molar-refractivity contribution >= 4 is 17.5 Å². The van der Waals surface area contributed by atoms with Crippen molar-refractivity contribution in [3.8, 4) is 5.75 Å². The van der Waals surface area contributed by atoms with Gasteiger partial charge in [0.25, 0.3) is 5.91 Å². The Bertz CT molecular complexity index is 611. The molecule has 2 aliphatic heterocycles. The van der Waals surface area contributed by atoms with E-state index in [9.17, 15) is 9.59 Å². The second-order valence-corrected chi connectivity index (χ2v) is 7.00. The van der Waals surface area contributed by atoms with Crippen LogP contribution in [-0.4, -0.2) is 50.8 Å². The quantitative estimate of drug-likeness (QED) is 0.558. The molecule has 3 rings (SSSR count). The average molecular weight is 361 g/mol. The highest BCUT2D eigenvalue weighted by atomic mass is 16.5. The average Bonchev–Trinajstić information content (AvgIpc) is 2.97. The number of carbonyl (C=O) groups is 2. The first kappa shape index (κ1) is 18.9. The van der Waals surface area contributed by atoms with E-state index < -0.39 is 0 Å². The lowest BCUT2D eigenvalue weighted by molar-refractivity contribution is -0.922. The van der Waals surface area contributed by atoms with Crippen LogP contribution in [0.3, 0.4) is 0 Å². The molecule has 2 aliphatic rings. The summed E-state index contributed by atoms with van der Waals surface area (Å²) in [5.41, 5.74) is 0.633. The molecule has 26 heavy (non-hydrogen) atoms. The maximum Gasteiger partial charge on any atom is 0.292 e. The molecule has 2 heterocycles. The number of carbonyl (C=O) groups excluding carboxylic acids is 2. The minimum absolute atomic E-state index is 0.0971. The van der Waals surface area contributed by atoms with Gasteiger partial charge in [0.1, 0.15) is 18.8 Å². The first-order valence-electron chi connectivity index (χ1n) is 9.72. The van der Waals surface area contributed by atoms with E-state index >= 15 is 0 Å². The van der Waals surface area contributed by atoms with Crippen LogP contribution in [-0.2, 0) is 14.3 Å². The molecule has 1 atom stereocenters. The molecular formula is C20H29N2O4+. The van der Waals surface area contributed by atoms with Crippen LogP contribution < -0.4 is 14.5 Å². The number of nitrogens with one attached hydrogen (secondary N) is 1. The van der Waals surface area contributed by atoms with Gasteiger partial charge in [-0.05, 0) is 30.7 Å². The van der Waals surface area contributed by atoms with Gasteiger partial charge in [0, 0.05) is 0 Å². The highest BCUT2D eigenvalue weighted by Gasteiger charge is 2.46. The number of morpholine rings is 1. The van der Waals surface area contributed by atoms with Crippen LogP contribution in [0.1, 0.15) is 39.0 Å². The van der Waals surface area contributed by atoms with E-state index in [1.807, 2.05) is 12.1 Å². The van der Waals surface area contributed by atoms with Crippen LogP contribution in [0, 0.1) is 0 Å². The Balaban J connectivity index is 1.58. The van der Waals surface area contributed by atoms with Gasteiger partial charge in [0.15, 0.2) is 6.04 Å². The largest absolute Gasteiger partial charge is 0.494 e. The number of benzene rings is 1. The van der Waals surface area contributed by atoms with E-state index in [-0.39, 0.29) is 24.3 Å². The number of quaternary nitrogens is 1. The summed E-state index contributed by atoms with van der Waals surface area (Å²) in [6.45, 7) is 5.74. The van der Waals surface area contributed by atoms with Crippen molar-refractivity contribution in [3.63, 3.8) is 0 Å². The topological polar surface area (TPSA) is 60.3 Å². The zero-order valence-corrected chi connectivity index (χ0v) is 15.5. The molecule has 0 aromatic heterocycles. The highest BCUT2D eigenvalue weighted by Crippen LogP contribution is 2.24. The second-order valence-electron chi connectivity index (χ2n) is 7.00. The van der Waals surface area contributed by atoms with Gasteiger partial charge in [-0.3, -0.25) is 9.59 Å². The molecule has 6 nitrogen and oxygen atoms in total. The van der Waals surface area contributed by atoms with E-state index in [1.54, 1.807) is 12.1 Å². The number of amides is 2. The molecule has 0 radical (unpaired) electrons. The summed E-state index contributed by atoms with van der Waals surface area (Å²) in [4.78, 5) is 27.7. The lowest BCUT2D eigenvalue weighted by atomic mass is 10.2. The fraction of sp³-hybridized carbons (Fsp3) is 0.600. The number of hydrogen-bond donors (Lipinski definition) is 1. The van der Waals surface area contributed by atoms with Crippen molar-refractivity contribution in [1.82, 2.24) is 0 Å². The van der Waals surface area contributed by atoms with E-state index in [0.29, 0.717) is 25.5 Å². The van der Waals surface area contributed by atoms with Crippen molar-refractivity contribution < 1.29 is 24.0 Å². The third kappa shape index (κ3) is 4.43. The Kier molecular flexibility index (Phi) is 6.63. The summed E-state index contributed by atoms with van der Waals surface area (Å²) >= 11 is 0. The Hall–Kier alpha value is -1.92. The van der Waals surface area contributed by atoms with E-state index in [2.05, 4.69) is 6.92 Å². The number of unbranched alkanes of at least 4 members (excludes halogenated alkanes) is 3. The molecule has 1 aromatic rings. The zero-order chi connectivity index (χ0) is 18.4. The summed E-state index contributed by atoms with van der Waals surface area (Å²) < 4.78 is 11.1. The molecule has 0 saturated carbocycles. The number of imide groups is 1. The Morgan fingerprint density at radius 1 is 1.12 bits per heavy atom. The minimum Gasteiger partial charge on any atom is -0.494 e. The molecule has 6 heteroatoms. The van der Waals surface area contributed by atoms with Crippen molar-refractivity contribution in [3.05, 3.63) is 24.3 Å². The molecule has 0 unspecified atom stereocenters. The molecule has 2 fully saturated rings. The van der Waals surface area contributed by atoms with Gasteiger partial charge in [0.05, 0.1) is 31.9 Å². The van der Waals surface area contributed by atoms with Gasteiger partial charge in [-0.25, -0.2) is 4.90 Å². The third-order valence-corrected chi connectivity index (χ3v) is 5.14. The highest BCUT2D eigenvalue weighted by molar-refractivity contribution is 6.21. The van der Waals surface area contributed by atoms with Crippen LogP contribution in [0.15, 0.2) is 24.3 Å². The van der Waals surface area contributed by atoms with Gasteiger partial charge in [0.2, 0.25) is 5.91 Å². The summed E-state index contributed by atoms with van der Waals surface area (Å²) in [7, 11) is 0. The van der Waals surface area contributed by atoms with Gasteiger partial charge >= 0.3 is 0 Å². The summed E-state index contributed by atoms with van der Waals surface area (Å²) in [6.07, 6.45) is 4.94. The van der Waals surface area contributed by atoms with E-state index in [4.69, 9.17) is 9.47 Å². The number of nitrogens with zero attached hydrogens (tertiary/aromatic N) is 1. The maximum absolute atomic E-state index is 12.8. The van der Waals surface area contributed by atoms with Crippen LogP contribution in [0.4, 0.5) is 5.69 Å². The lowest BCUT2D eigenvalue weighted by Gasteiger charge is -2.27. The fourth-order valence-corrected chi connectivity index (χ4v) is 3.61. The first-order valence-corrected chi connectivity index (χ1v) is 9.72. The smallest absolute Gasteiger partial charge is 0.292 e. The predicted octanol–water partition coefficient (Wildman–Crippen LogP) is 1.19. The molecule has 2 amide bonds. The maximum atomic E-state index is 12.8. The first-order chi connectivity index (χ1) is 12.7. The normalized spacial score (nSPS) is 21.4. The zero-order valence-electron chi connectivity index (χ0n) is 15.5. The number of anilines is 1. The molecular weight excluding hydrogens is 332 g/mol. The van der Waals surface area contributed by atoms with Crippen molar-refractivity contribution in [2.75, 3.05) is 37.8 Å².